The van der Waals surface area contributed by atoms with Gasteiger partial charge in [-0.2, -0.15) is 0 Å². The molecule has 0 saturated carbocycles. The summed E-state index contributed by atoms with van der Waals surface area (Å²) < 4.78 is 0. The molecular formula is C18H25N3. The maximum Gasteiger partial charge on any atom is 0.0456 e. The largest absolute Gasteiger partial charge is 0.358 e. The Labute approximate surface area is 126 Å². The molecule has 1 aromatic heterocycles. The average molecular weight is 283 g/mol. The maximum atomic E-state index is 3.79. The molecule has 0 aliphatic carbocycles. The molecule has 3 heteroatoms. The standard InChI is InChI=1S/C18H25N3/c1-21-16-6-7-17(21)12-15(11-16)19-9-8-14-10-13-4-2-3-5-18(13)20-14/h2-5,10,15-17,19-20H,6-9,11-12H2,1H3. The fourth-order valence-corrected chi connectivity index (χ4v) is 4.26. The van der Waals surface area contributed by atoms with Gasteiger partial charge in [-0.3, -0.25) is 0 Å². The Hall–Kier alpha value is -1.32. The van der Waals surface area contributed by atoms with Crippen molar-refractivity contribution in [3.8, 4) is 0 Å². The van der Waals surface area contributed by atoms with Gasteiger partial charge in [-0.25, -0.2) is 0 Å². The molecule has 2 aliphatic rings. The van der Waals surface area contributed by atoms with Gasteiger partial charge in [0, 0.05) is 35.9 Å². The highest BCUT2D eigenvalue weighted by Crippen LogP contribution is 2.34. The summed E-state index contributed by atoms with van der Waals surface area (Å²) in [5.41, 5.74) is 2.60. The molecule has 4 rings (SSSR count). The second-order valence-corrected chi connectivity index (χ2v) is 6.80. The molecule has 2 atom stereocenters. The predicted octanol–water partition coefficient (Wildman–Crippen LogP) is 2.93. The molecule has 112 valence electrons. The van der Waals surface area contributed by atoms with E-state index in [0.29, 0.717) is 0 Å². The number of piperidine rings is 1. The van der Waals surface area contributed by atoms with Crippen molar-refractivity contribution in [3.63, 3.8) is 0 Å². The van der Waals surface area contributed by atoms with Crippen molar-refractivity contribution in [1.29, 1.82) is 0 Å². The van der Waals surface area contributed by atoms with Crippen molar-refractivity contribution in [2.45, 2.75) is 50.2 Å². The zero-order chi connectivity index (χ0) is 14.2. The molecule has 0 spiro atoms. The monoisotopic (exact) mass is 283 g/mol. The van der Waals surface area contributed by atoms with Crippen LogP contribution in [0.5, 0.6) is 0 Å². The van der Waals surface area contributed by atoms with Gasteiger partial charge in [-0.15, -0.1) is 0 Å². The highest BCUT2D eigenvalue weighted by Gasteiger charge is 2.37. The van der Waals surface area contributed by atoms with Gasteiger partial charge < -0.3 is 15.2 Å². The van der Waals surface area contributed by atoms with Crippen LogP contribution in [-0.2, 0) is 6.42 Å². The number of H-pyrrole nitrogens is 1. The van der Waals surface area contributed by atoms with Gasteiger partial charge in [0.05, 0.1) is 0 Å². The van der Waals surface area contributed by atoms with Gasteiger partial charge in [0.15, 0.2) is 0 Å². The summed E-state index contributed by atoms with van der Waals surface area (Å²) >= 11 is 0. The molecule has 1 aromatic carbocycles. The van der Waals surface area contributed by atoms with Crippen LogP contribution >= 0.6 is 0 Å². The van der Waals surface area contributed by atoms with Crippen molar-refractivity contribution >= 4 is 10.9 Å². The van der Waals surface area contributed by atoms with E-state index in [-0.39, 0.29) is 0 Å². The summed E-state index contributed by atoms with van der Waals surface area (Å²) in [6.45, 7) is 1.08. The molecule has 2 bridgehead atoms. The number of aromatic amines is 1. The van der Waals surface area contributed by atoms with E-state index < -0.39 is 0 Å². The van der Waals surface area contributed by atoms with E-state index in [0.717, 1.165) is 31.1 Å². The van der Waals surface area contributed by atoms with E-state index in [1.807, 2.05) is 0 Å². The van der Waals surface area contributed by atoms with Gasteiger partial charge in [0.25, 0.3) is 0 Å². The van der Waals surface area contributed by atoms with Crippen molar-refractivity contribution < 1.29 is 0 Å². The van der Waals surface area contributed by atoms with Crippen LogP contribution in [0.25, 0.3) is 10.9 Å². The smallest absolute Gasteiger partial charge is 0.0456 e. The quantitative estimate of drug-likeness (QED) is 0.904. The second-order valence-electron chi connectivity index (χ2n) is 6.80. The summed E-state index contributed by atoms with van der Waals surface area (Å²) in [5, 5.41) is 5.11. The first kappa shape index (κ1) is 13.4. The SMILES string of the molecule is CN1C2CCC1CC(NCCc1cc3ccccc3[nH]1)C2. The second kappa shape index (κ2) is 5.47. The van der Waals surface area contributed by atoms with Crippen LogP contribution in [0, 0.1) is 0 Å². The lowest BCUT2D eigenvalue weighted by Crippen LogP contribution is -2.47. The third-order valence-corrected chi connectivity index (χ3v) is 5.51. The number of fused-ring (bicyclic) bond motifs is 3. The average Bonchev–Trinajstić information content (AvgIpc) is 2.96. The molecular weight excluding hydrogens is 258 g/mol. The molecule has 2 aromatic rings. The van der Waals surface area contributed by atoms with E-state index in [4.69, 9.17) is 0 Å². The molecule has 0 amide bonds. The van der Waals surface area contributed by atoms with E-state index in [9.17, 15) is 0 Å². The number of aromatic nitrogens is 1. The molecule has 3 nitrogen and oxygen atoms in total. The first-order valence-corrected chi connectivity index (χ1v) is 8.31. The van der Waals surface area contributed by atoms with Gasteiger partial charge >= 0.3 is 0 Å². The fraction of sp³-hybridized carbons (Fsp3) is 0.556. The van der Waals surface area contributed by atoms with Crippen molar-refractivity contribution in [2.24, 2.45) is 0 Å². The summed E-state index contributed by atoms with van der Waals surface area (Å²) in [6.07, 6.45) is 6.57. The van der Waals surface area contributed by atoms with E-state index in [1.54, 1.807) is 0 Å². The fourth-order valence-electron chi connectivity index (χ4n) is 4.26. The number of nitrogens with one attached hydrogen (secondary N) is 2. The third-order valence-electron chi connectivity index (χ3n) is 5.51. The van der Waals surface area contributed by atoms with Gasteiger partial charge in [-0.05, 0) is 56.7 Å². The normalized spacial score (nSPS) is 29.3. The van der Waals surface area contributed by atoms with E-state index in [2.05, 4.69) is 52.6 Å². The van der Waals surface area contributed by atoms with Crippen LogP contribution in [-0.4, -0.2) is 41.6 Å². The first-order chi connectivity index (χ1) is 10.3. The highest BCUT2D eigenvalue weighted by molar-refractivity contribution is 5.80. The number of benzene rings is 1. The topological polar surface area (TPSA) is 31.1 Å². The molecule has 0 radical (unpaired) electrons. The summed E-state index contributed by atoms with van der Waals surface area (Å²) in [4.78, 5) is 6.13. The highest BCUT2D eigenvalue weighted by atomic mass is 15.2. The van der Waals surface area contributed by atoms with Crippen LogP contribution in [0.15, 0.2) is 30.3 Å². The number of para-hydroxylation sites is 1. The van der Waals surface area contributed by atoms with Crippen LogP contribution in [0.1, 0.15) is 31.4 Å². The maximum absolute atomic E-state index is 3.79. The van der Waals surface area contributed by atoms with E-state index >= 15 is 0 Å². The van der Waals surface area contributed by atoms with Crippen LogP contribution < -0.4 is 5.32 Å². The molecule has 2 N–H and O–H groups in total. The van der Waals surface area contributed by atoms with Crippen LogP contribution in [0.3, 0.4) is 0 Å². The van der Waals surface area contributed by atoms with Gasteiger partial charge in [0.1, 0.15) is 0 Å². The number of nitrogens with zero attached hydrogens (tertiary/aromatic N) is 1. The van der Waals surface area contributed by atoms with Crippen LogP contribution in [0.2, 0.25) is 0 Å². The molecule has 2 unspecified atom stereocenters. The van der Waals surface area contributed by atoms with Crippen molar-refractivity contribution in [1.82, 2.24) is 15.2 Å². The lowest BCUT2D eigenvalue weighted by Gasteiger charge is -2.36. The Morgan fingerprint density at radius 3 is 2.71 bits per heavy atom. The van der Waals surface area contributed by atoms with Gasteiger partial charge in [0.2, 0.25) is 0 Å². The van der Waals surface area contributed by atoms with Gasteiger partial charge in [-0.1, -0.05) is 18.2 Å². The first-order valence-electron chi connectivity index (χ1n) is 8.31. The number of rotatable bonds is 4. The number of hydrogen-bond acceptors (Lipinski definition) is 2. The number of hydrogen-bond donors (Lipinski definition) is 2. The molecule has 2 aliphatic heterocycles. The van der Waals surface area contributed by atoms with Crippen LogP contribution in [0.4, 0.5) is 0 Å². The Kier molecular flexibility index (Phi) is 3.48. The minimum Gasteiger partial charge on any atom is -0.358 e. The third kappa shape index (κ3) is 2.60. The van der Waals surface area contributed by atoms with E-state index in [1.165, 1.54) is 42.3 Å². The van der Waals surface area contributed by atoms with Crippen molar-refractivity contribution in [3.05, 3.63) is 36.0 Å². The Bertz CT molecular complexity index is 571. The lowest BCUT2D eigenvalue weighted by atomic mass is 9.98. The Morgan fingerprint density at radius 1 is 1.19 bits per heavy atom. The zero-order valence-corrected chi connectivity index (χ0v) is 12.8. The summed E-state index contributed by atoms with van der Waals surface area (Å²) in [5.74, 6) is 0. The predicted molar refractivity (Wildman–Crippen MR) is 87.6 cm³/mol. The Morgan fingerprint density at radius 2 is 1.95 bits per heavy atom. The molecule has 2 saturated heterocycles. The summed E-state index contributed by atoms with van der Waals surface area (Å²) in [6, 6.07) is 13.2. The van der Waals surface area contributed by atoms with Crippen molar-refractivity contribution in [2.75, 3.05) is 13.6 Å². The summed E-state index contributed by atoms with van der Waals surface area (Å²) in [7, 11) is 2.31. The molecule has 3 heterocycles. The zero-order valence-electron chi connectivity index (χ0n) is 12.8. The lowest BCUT2D eigenvalue weighted by molar-refractivity contribution is 0.149. The minimum absolute atomic E-state index is 0.725. The molecule has 21 heavy (non-hydrogen) atoms. The minimum atomic E-state index is 0.725. The Balaban J connectivity index is 1.31. The molecule has 2 fully saturated rings.